The monoisotopic (exact) mass is 263 g/mol. The molecule has 104 valence electrons. The van der Waals surface area contributed by atoms with Crippen molar-refractivity contribution in [2.24, 2.45) is 0 Å². The smallest absolute Gasteiger partial charge is 0.322 e. The standard InChI is InChI=1S/C15H21NO3/c1-3-19-15(18)10(2)16-13-9-8-11-6-4-5-7-12(11)14(13)17/h4-7,10,13-14,16-17H,3,8-9H2,1-2H3. The van der Waals surface area contributed by atoms with Gasteiger partial charge in [-0.25, -0.2) is 0 Å². The Morgan fingerprint density at radius 2 is 2.26 bits per heavy atom. The molecule has 0 amide bonds. The van der Waals surface area contributed by atoms with E-state index in [1.165, 1.54) is 5.56 Å². The minimum atomic E-state index is -0.568. The van der Waals surface area contributed by atoms with Gasteiger partial charge in [-0.15, -0.1) is 0 Å². The van der Waals surface area contributed by atoms with Crippen molar-refractivity contribution in [3.05, 3.63) is 35.4 Å². The molecule has 1 aliphatic carbocycles. The largest absolute Gasteiger partial charge is 0.465 e. The minimum absolute atomic E-state index is 0.102. The predicted octanol–water partition coefficient (Wildman–Crippen LogP) is 1.58. The van der Waals surface area contributed by atoms with Crippen molar-refractivity contribution in [1.82, 2.24) is 5.32 Å². The van der Waals surface area contributed by atoms with E-state index in [-0.39, 0.29) is 12.0 Å². The van der Waals surface area contributed by atoms with Crippen LogP contribution in [0.1, 0.15) is 37.5 Å². The molecule has 4 nitrogen and oxygen atoms in total. The molecule has 1 aromatic carbocycles. The van der Waals surface area contributed by atoms with Gasteiger partial charge in [0.1, 0.15) is 6.04 Å². The zero-order chi connectivity index (χ0) is 13.8. The number of benzene rings is 1. The van der Waals surface area contributed by atoms with E-state index in [1.807, 2.05) is 24.3 Å². The van der Waals surface area contributed by atoms with Gasteiger partial charge in [0.05, 0.1) is 12.7 Å². The Morgan fingerprint density at radius 1 is 1.53 bits per heavy atom. The number of carbonyl (C=O) groups is 1. The number of fused-ring (bicyclic) bond motifs is 1. The molecular formula is C15H21NO3. The lowest BCUT2D eigenvalue weighted by atomic mass is 9.85. The van der Waals surface area contributed by atoms with Crippen molar-refractivity contribution in [2.45, 2.75) is 44.9 Å². The Hall–Kier alpha value is -1.39. The number of hydrogen-bond donors (Lipinski definition) is 2. The number of aliphatic hydroxyl groups excluding tert-OH is 1. The number of esters is 1. The first kappa shape index (κ1) is 14.0. The molecule has 0 aromatic heterocycles. The van der Waals surface area contributed by atoms with Crippen molar-refractivity contribution < 1.29 is 14.6 Å². The van der Waals surface area contributed by atoms with Crippen LogP contribution in [0.5, 0.6) is 0 Å². The first-order chi connectivity index (χ1) is 9.13. The fourth-order valence-corrected chi connectivity index (χ4v) is 2.57. The van der Waals surface area contributed by atoms with Crippen LogP contribution in [-0.2, 0) is 16.0 Å². The molecule has 2 N–H and O–H groups in total. The van der Waals surface area contributed by atoms with Crippen LogP contribution in [0, 0.1) is 0 Å². The third-order valence-electron chi connectivity index (χ3n) is 3.58. The van der Waals surface area contributed by atoms with Crippen molar-refractivity contribution in [2.75, 3.05) is 6.61 Å². The summed E-state index contributed by atoms with van der Waals surface area (Å²) in [5, 5.41) is 13.5. The quantitative estimate of drug-likeness (QED) is 0.810. The molecule has 0 saturated carbocycles. The van der Waals surface area contributed by atoms with Gasteiger partial charge in [0.15, 0.2) is 0 Å². The van der Waals surface area contributed by atoms with Gasteiger partial charge in [0, 0.05) is 6.04 Å². The molecule has 1 aliphatic rings. The molecule has 0 aliphatic heterocycles. The molecule has 2 rings (SSSR count). The lowest BCUT2D eigenvalue weighted by Crippen LogP contribution is -2.46. The number of aryl methyl sites for hydroxylation is 1. The molecule has 0 heterocycles. The van der Waals surface area contributed by atoms with Crippen LogP contribution in [0.15, 0.2) is 24.3 Å². The van der Waals surface area contributed by atoms with Crippen molar-refractivity contribution in [1.29, 1.82) is 0 Å². The highest BCUT2D eigenvalue weighted by molar-refractivity contribution is 5.75. The van der Waals surface area contributed by atoms with Gasteiger partial charge in [0.2, 0.25) is 0 Å². The molecular weight excluding hydrogens is 242 g/mol. The molecule has 0 saturated heterocycles. The van der Waals surface area contributed by atoms with E-state index >= 15 is 0 Å². The molecule has 0 bridgehead atoms. The summed E-state index contributed by atoms with van der Waals surface area (Å²) >= 11 is 0. The number of carbonyl (C=O) groups excluding carboxylic acids is 1. The Kier molecular flexibility index (Phi) is 4.56. The summed E-state index contributed by atoms with van der Waals surface area (Å²) in [5.41, 5.74) is 2.15. The number of nitrogens with one attached hydrogen (secondary N) is 1. The van der Waals surface area contributed by atoms with Crippen molar-refractivity contribution >= 4 is 5.97 Å². The number of aliphatic hydroxyl groups is 1. The summed E-state index contributed by atoms with van der Waals surface area (Å²) in [6, 6.07) is 7.41. The number of ether oxygens (including phenoxy) is 1. The summed E-state index contributed by atoms with van der Waals surface area (Å²) in [6.07, 6.45) is 1.17. The van der Waals surface area contributed by atoms with Gasteiger partial charge in [-0.1, -0.05) is 24.3 Å². The third kappa shape index (κ3) is 3.14. The third-order valence-corrected chi connectivity index (χ3v) is 3.58. The van der Waals surface area contributed by atoms with Gasteiger partial charge in [-0.3, -0.25) is 10.1 Å². The molecule has 0 spiro atoms. The maximum atomic E-state index is 11.6. The highest BCUT2D eigenvalue weighted by atomic mass is 16.5. The molecule has 0 radical (unpaired) electrons. The highest BCUT2D eigenvalue weighted by Gasteiger charge is 2.30. The lowest BCUT2D eigenvalue weighted by Gasteiger charge is -2.32. The summed E-state index contributed by atoms with van der Waals surface area (Å²) in [5.74, 6) is -0.270. The van der Waals surface area contributed by atoms with Crippen LogP contribution in [0.2, 0.25) is 0 Å². The van der Waals surface area contributed by atoms with E-state index in [1.54, 1.807) is 13.8 Å². The number of hydrogen-bond acceptors (Lipinski definition) is 4. The van der Waals surface area contributed by atoms with Gasteiger partial charge >= 0.3 is 5.97 Å². The van der Waals surface area contributed by atoms with Gasteiger partial charge in [0.25, 0.3) is 0 Å². The topological polar surface area (TPSA) is 58.6 Å². The van der Waals surface area contributed by atoms with E-state index in [0.717, 1.165) is 18.4 Å². The van der Waals surface area contributed by atoms with Gasteiger partial charge in [-0.2, -0.15) is 0 Å². The first-order valence-electron chi connectivity index (χ1n) is 6.82. The Balaban J connectivity index is 2.02. The fourth-order valence-electron chi connectivity index (χ4n) is 2.57. The van der Waals surface area contributed by atoms with E-state index in [0.29, 0.717) is 6.61 Å². The van der Waals surface area contributed by atoms with E-state index in [9.17, 15) is 9.90 Å². The molecule has 3 unspecified atom stereocenters. The van der Waals surface area contributed by atoms with Crippen molar-refractivity contribution in [3.63, 3.8) is 0 Å². The minimum Gasteiger partial charge on any atom is -0.465 e. The summed E-state index contributed by atoms with van der Waals surface area (Å²) in [7, 11) is 0. The van der Waals surface area contributed by atoms with Gasteiger partial charge < -0.3 is 9.84 Å². The van der Waals surface area contributed by atoms with Gasteiger partial charge in [-0.05, 0) is 37.8 Å². The van der Waals surface area contributed by atoms with Crippen LogP contribution in [0.4, 0.5) is 0 Å². The Labute approximate surface area is 113 Å². The molecule has 19 heavy (non-hydrogen) atoms. The van der Waals surface area contributed by atoms with E-state index < -0.39 is 12.1 Å². The van der Waals surface area contributed by atoms with Crippen LogP contribution in [0.3, 0.4) is 0 Å². The lowest BCUT2D eigenvalue weighted by molar-refractivity contribution is -0.145. The molecule has 0 fully saturated rings. The SMILES string of the molecule is CCOC(=O)C(C)NC1CCc2ccccc2C1O. The fraction of sp³-hybridized carbons (Fsp3) is 0.533. The van der Waals surface area contributed by atoms with Crippen LogP contribution < -0.4 is 5.32 Å². The van der Waals surface area contributed by atoms with Crippen molar-refractivity contribution in [3.8, 4) is 0 Å². The predicted molar refractivity (Wildman–Crippen MR) is 72.7 cm³/mol. The van der Waals surface area contributed by atoms with E-state index in [2.05, 4.69) is 5.32 Å². The Morgan fingerprint density at radius 3 is 3.00 bits per heavy atom. The highest BCUT2D eigenvalue weighted by Crippen LogP contribution is 2.29. The maximum Gasteiger partial charge on any atom is 0.322 e. The first-order valence-corrected chi connectivity index (χ1v) is 6.82. The molecule has 3 atom stereocenters. The second-order valence-electron chi connectivity index (χ2n) is 4.93. The zero-order valence-corrected chi connectivity index (χ0v) is 11.4. The van der Waals surface area contributed by atoms with E-state index in [4.69, 9.17) is 4.74 Å². The number of rotatable bonds is 4. The average molecular weight is 263 g/mol. The zero-order valence-electron chi connectivity index (χ0n) is 11.4. The molecule has 4 heteroatoms. The summed E-state index contributed by atoms with van der Waals surface area (Å²) in [6.45, 7) is 3.93. The molecule has 1 aromatic rings. The second-order valence-corrected chi connectivity index (χ2v) is 4.93. The normalized spacial score (nSPS) is 23.5. The maximum absolute atomic E-state index is 11.6. The van der Waals surface area contributed by atoms with Crippen LogP contribution >= 0.6 is 0 Å². The summed E-state index contributed by atoms with van der Waals surface area (Å²) in [4.78, 5) is 11.6. The van der Waals surface area contributed by atoms with Crippen LogP contribution in [0.25, 0.3) is 0 Å². The Bertz CT molecular complexity index is 447. The second kappa shape index (κ2) is 6.17. The average Bonchev–Trinajstić information content (AvgIpc) is 2.42. The van der Waals surface area contributed by atoms with Crippen LogP contribution in [-0.4, -0.2) is 29.8 Å². The summed E-state index contributed by atoms with van der Waals surface area (Å²) < 4.78 is 4.97.